The van der Waals surface area contributed by atoms with Gasteiger partial charge in [-0.05, 0) is 17.4 Å². The summed E-state index contributed by atoms with van der Waals surface area (Å²) in [7, 11) is 0. The quantitative estimate of drug-likeness (QED) is 0.857. The number of carbonyl (C=O) groups is 2. The summed E-state index contributed by atoms with van der Waals surface area (Å²) in [6, 6.07) is 1.71. The molecule has 5 heteroatoms. The lowest BCUT2D eigenvalue weighted by atomic mass is 10.2. The molecule has 4 nitrogen and oxygen atoms in total. The smallest absolute Gasteiger partial charge is 0.323 e. The zero-order valence-corrected chi connectivity index (χ0v) is 10.2. The van der Waals surface area contributed by atoms with Crippen LogP contribution in [0.25, 0.3) is 0 Å². The number of carbonyl (C=O) groups excluding carboxylic acids is 1. The minimum absolute atomic E-state index is 0.211. The van der Waals surface area contributed by atoms with Gasteiger partial charge >= 0.3 is 5.97 Å². The molecule has 0 aliphatic rings. The van der Waals surface area contributed by atoms with Crippen LogP contribution in [0.2, 0.25) is 0 Å². The van der Waals surface area contributed by atoms with Gasteiger partial charge in [-0.15, -0.1) is 0 Å². The fraction of sp³-hybridized carbons (Fsp3) is 0.455. The summed E-state index contributed by atoms with van der Waals surface area (Å²) in [4.78, 5) is 24.0. The summed E-state index contributed by atoms with van der Waals surface area (Å²) in [6.45, 7) is 4.12. The summed E-state index contributed by atoms with van der Waals surface area (Å²) < 4.78 is 0. The first kappa shape index (κ1) is 12.7. The lowest BCUT2D eigenvalue weighted by Crippen LogP contribution is -2.38. The van der Waals surface area contributed by atoms with Gasteiger partial charge in [-0.2, -0.15) is 11.3 Å². The van der Waals surface area contributed by atoms with Crippen LogP contribution in [-0.4, -0.2) is 35.0 Å². The number of rotatable bonds is 5. The van der Waals surface area contributed by atoms with E-state index in [0.29, 0.717) is 12.1 Å². The monoisotopic (exact) mass is 241 g/mol. The molecule has 0 atom stereocenters. The van der Waals surface area contributed by atoms with Crippen molar-refractivity contribution in [3.63, 3.8) is 0 Å². The molecular formula is C11H15NO3S. The average molecular weight is 241 g/mol. The van der Waals surface area contributed by atoms with Crippen molar-refractivity contribution in [2.75, 3.05) is 13.1 Å². The van der Waals surface area contributed by atoms with Gasteiger partial charge in [0, 0.05) is 11.9 Å². The van der Waals surface area contributed by atoms with Gasteiger partial charge in [0.2, 0.25) is 0 Å². The molecule has 0 aliphatic carbocycles. The number of thiophene rings is 1. The van der Waals surface area contributed by atoms with Crippen molar-refractivity contribution in [1.29, 1.82) is 0 Å². The Morgan fingerprint density at radius 3 is 2.62 bits per heavy atom. The fourth-order valence-corrected chi connectivity index (χ4v) is 2.02. The van der Waals surface area contributed by atoms with Crippen LogP contribution in [0.1, 0.15) is 24.2 Å². The lowest BCUT2D eigenvalue weighted by molar-refractivity contribution is -0.137. The van der Waals surface area contributed by atoms with Crippen LogP contribution in [0.3, 0.4) is 0 Å². The van der Waals surface area contributed by atoms with E-state index in [-0.39, 0.29) is 18.4 Å². The lowest BCUT2D eigenvalue weighted by Gasteiger charge is -2.22. The molecule has 1 rings (SSSR count). The second kappa shape index (κ2) is 5.65. The SMILES string of the molecule is CC(C)CN(CC(=O)O)C(=O)c1ccsc1. The van der Waals surface area contributed by atoms with Gasteiger partial charge in [-0.25, -0.2) is 0 Å². The first-order chi connectivity index (χ1) is 7.50. The zero-order chi connectivity index (χ0) is 12.1. The maximum absolute atomic E-state index is 11.9. The molecule has 1 aromatic heterocycles. The third-order valence-electron chi connectivity index (χ3n) is 1.97. The molecular weight excluding hydrogens is 226 g/mol. The molecule has 1 N–H and O–H groups in total. The molecule has 1 amide bonds. The average Bonchev–Trinajstić information content (AvgIpc) is 2.66. The molecule has 88 valence electrons. The molecule has 1 aromatic rings. The van der Waals surface area contributed by atoms with Crippen LogP contribution in [0.5, 0.6) is 0 Å². The van der Waals surface area contributed by atoms with E-state index < -0.39 is 5.97 Å². The minimum Gasteiger partial charge on any atom is -0.480 e. The van der Waals surface area contributed by atoms with Crippen LogP contribution in [0, 0.1) is 5.92 Å². The molecule has 0 spiro atoms. The van der Waals surface area contributed by atoms with E-state index in [9.17, 15) is 9.59 Å². The van der Waals surface area contributed by atoms with E-state index in [0.717, 1.165) is 0 Å². The highest BCUT2D eigenvalue weighted by atomic mass is 32.1. The van der Waals surface area contributed by atoms with Crippen molar-refractivity contribution in [3.8, 4) is 0 Å². The van der Waals surface area contributed by atoms with E-state index in [1.807, 2.05) is 19.2 Å². The number of hydrogen-bond donors (Lipinski definition) is 1. The highest BCUT2D eigenvalue weighted by molar-refractivity contribution is 7.08. The Labute approximate surface area is 98.5 Å². The molecule has 0 aromatic carbocycles. The third-order valence-corrected chi connectivity index (χ3v) is 2.65. The van der Waals surface area contributed by atoms with E-state index in [1.165, 1.54) is 16.2 Å². The number of amides is 1. The van der Waals surface area contributed by atoms with Crippen molar-refractivity contribution in [3.05, 3.63) is 22.4 Å². The highest BCUT2D eigenvalue weighted by Gasteiger charge is 2.19. The Balaban J connectivity index is 2.75. The molecule has 16 heavy (non-hydrogen) atoms. The highest BCUT2D eigenvalue weighted by Crippen LogP contribution is 2.11. The Morgan fingerprint density at radius 2 is 2.19 bits per heavy atom. The molecule has 0 radical (unpaired) electrons. The fourth-order valence-electron chi connectivity index (χ4n) is 1.39. The summed E-state index contributed by atoms with van der Waals surface area (Å²) in [5.74, 6) is -0.941. The predicted octanol–water partition coefficient (Wildman–Crippen LogP) is 1.93. The number of nitrogens with zero attached hydrogens (tertiary/aromatic N) is 1. The van der Waals surface area contributed by atoms with Gasteiger partial charge in [0.05, 0.1) is 5.56 Å². The molecule has 0 fully saturated rings. The Morgan fingerprint density at radius 1 is 1.50 bits per heavy atom. The normalized spacial score (nSPS) is 10.4. The Kier molecular flexibility index (Phi) is 4.49. The molecule has 1 heterocycles. The third kappa shape index (κ3) is 3.66. The number of carboxylic acid groups (broad SMARTS) is 1. The summed E-state index contributed by atoms with van der Waals surface area (Å²) >= 11 is 1.43. The van der Waals surface area contributed by atoms with E-state index >= 15 is 0 Å². The second-order valence-electron chi connectivity index (χ2n) is 3.99. The molecule has 0 unspecified atom stereocenters. The van der Waals surface area contributed by atoms with E-state index in [1.54, 1.807) is 11.4 Å². The van der Waals surface area contributed by atoms with Crippen molar-refractivity contribution in [2.24, 2.45) is 5.92 Å². The van der Waals surface area contributed by atoms with Gasteiger partial charge < -0.3 is 10.0 Å². The number of aliphatic carboxylic acids is 1. The summed E-state index contributed by atoms with van der Waals surface area (Å²) in [5.41, 5.74) is 0.562. The molecule has 0 bridgehead atoms. The predicted molar refractivity (Wildman–Crippen MR) is 62.7 cm³/mol. The van der Waals surface area contributed by atoms with Crippen molar-refractivity contribution in [1.82, 2.24) is 4.90 Å². The van der Waals surface area contributed by atoms with Crippen LogP contribution in [-0.2, 0) is 4.79 Å². The zero-order valence-electron chi connectivity index (χ0n) is 9.34. The molecule has 0 saturated heterocycles. The van der Waals surface area contributed by atoms with E-state index in [2.05, 4.69) is 0 Å². The first-order valence-electron chi connectivity index (χ1n) is 5.04. The summed E-state index contributed by atoms with van der Waals surface area (Å²) in [6.07, 6.45) is 0. The Hall–Kier alpha value is -1.36. The van der Waals surface area contributed by atoms with Crippen LogP contribution >= 0.6 is 11.3 Å². The van der Waals surface area contributed by atoms with Crippen molar-refractivity contribution < 1.29 is 14.7 Å². The van der Waals surface area contributed by atoms with Gasteiger partial charge in [0.15, 0.2) is 0 Å². The van der Waals surface area contributed by atoms with Crippen LogP contribution in [0.4, 0.5) is 0 Å². The second-order valence-corrected chi connectivity index (χ2v) is 4.77. The maximum atomic E-state index is 11.9. The van der Waals surface area contributed by atoms with Gasteiger partial charge in [0.25, 0.3) is 5.91 Å². The first-order valence-corrected chi connectivity index (χ1v) is 5.98. The minimum atomic E-state index is -0.982. The topological polar surface area (TPSA) is 57.6 Å². The maximum Gasteiger partial charge on any atom is 0.323 e. The van der Waals surface area contributed by atoms with E-state index in [4.69, 9.17) is 5.11 Å². The van der Waals surface area contributed by atoms with Crippen LogP contribution < -0.4 is 0 Å². The standard InChI is InChI=1S/C11H15NO3S/c1-8(2)5-12(6-10(13)14)11(15)9-3-4-16-7-9/h3-4,7-8H,5-6H2,1-2H3,(H,13,14). The Bertz CT molecular complexity index is 359. The van der Waals surface area contributed by atoms with Gasteiger partial charge in [0.1, 0.15) is 6.54 Å². The number of carboxylic acids is 1. The summed E-state index contributed by atoms with van der Waals surface area (Å²) in [5, 5.41) is 12.3. The van der Waals surface area contributed by atoms with Gasteiger partial charge in [-0.3, -0.25) is 9.59 Å². The number of hydrogen-bond acceptors (Lipinski definition) is 3. The van der Waals surface area contributed by atoms with Crippen molar-refractivity contribution >= 4 is 23.2 Å². The van der Waals surface area contributed by atoms with Gasteiger partial charge in [-0.1, -0.05) is 13.8 Å². The largest absolute Gasteiger partial charge is 0.480 e. The molecule has 0 saturated carbocycles. The van der Waals surface area contributed by atoms with Crippen LogP contribution in [0.15, 0.2) is 16.8 Å². The molecule has 0 aliphatic heterocycles. The van der Waals surface area contributed by atoms with Crippen molar-refractivity contribution in [2.45, 2.75) is 13.8 Å².